The lowest BCUT2D eigenvalue weighted by Gasteiger charge is -2.43. The zero-order valence-corrected chi connectivity index (χ0v) is 11.6. The first-order valence-corrected chi connectivity index (χ1v) is 7.00. The second kappa shape index (κ2) is 5.85. The number of nitrogens with zero attached hydrogens (tertiary/aromatic N) is 1. The fourth-order valence-electron chi connectivity index (χ4n) is 3.03. The van der Waals surface area contributed by atoms with Crippen molar-refractivity contribution in [3.05, 3.63) is 35.9 Å². The standard InChI is InChI=1S/C16H25NO/c1-14(15-7-4-3-5-8-15)11-17(2)12-16(13-18)9-6-10-16/h3-5,7-8,14,18H,6,9-13H2,1-2H3/t14-/m1/s1. The zero-order valence-electron chi connectivity index (χ0n) is 11.6. The molecule has 1 N–H and O–H groups in total. The van der Waals surface area contributed by atoms with Crippen molar-refractivity contribution in [1.29, 1.82) is 0 Å². The van der Waals surface area contributed by atoms with E-state index in [2.05, 4.69) is 49.2 Å². The minimum atomic E-state index is 0.200. The third-order valence-corrected chi connectivity index (χ3v) is 4.31. The Bertz CT molecular complexity index is 353. The molecule has 1 aromatic carbocycles. The lowest BCUT2D eigenvalue weighted by molar-refractivity contribution is 0.0136. The summed E-state index contributed by atoms with van der Waals surface area (Å²) in [6, 6.07) is 10.7. The third-order valence-electron chi connectivity index (χ3n) is 4.31. The summed E-state index contributed by atoms with van der Waals surface area (Å²) in [4.78, 5) is 2.38. The van der Waals surface area contributed by atoms with Crippen molar-refractivity contribution in [2.24, 2.45) is 5.41 Å². The van der Waals surface area contributed by atoms with Crippen LogP contribution in [0, 0.1) is 5.41 Å². The number of rotatable bonds is 6. The summed E-state index contributed by atoms with van der Waals surface area (Å²) in [5.74, 6) is 0.548. The largest absolute Gasteiger partial charge is 0.396 e. The van der Waals surface area contributed by atoms with Gasteiger partial charge in [-0.25, -0.2) is 0 Å². The fourth-order valence-corrected chi connectivity index (χ4v) is 3.03. The number of benzene rings is 1. The molecular formula is C16H25NO. The van der Waals surface area contributed by atoms with E-state index >= 15 is 0 Å². The van der Waals surface area contributed by atoms with Gasteiger partial charge in [-0.2, -0.15) is 0 Å². The Labute approximate surface area is 111 Å². The molecule has 1 saturated carbocycles. The molecule has 0 amide bonds. The molecule has 1 fully saturated rings. The van der Waals surface area contributed by atoms with Crippen LogP contribution in [0.4, 0.5) is 0 Å². The Hall–Kier alpha value is -0.860. The zero-order chi connectivity index (χ0) is 13.0. The van der Waals surface area contributed by atoms with Gasteiger partial charge >= 0.3 is 0 Å². The predicted molar refractivity (Wildman–Crippen MR) is 75.7 cm³/mol. The van der Waals surface area contributed by atoms with Crippen LogP contribution < -0.4 is 0 Å². The summed E-state index contributed by atoms with van der Waals surface area (Å²) in [5.41, 5.74) is 1.60. The van der Waals surface area contributed by atoms with E-state index in [4.69, 9.17) is 0 Å². The van der Waals surface area contributed by atoms with Crippen LogP contribution in [0.3, 0.4) is 0 Å². The SMILES string of the molecule is C[C@H](CN(C)CC1(CO)CCC1)c1ccccc1. The molecule has 0 spiro atoms. The molecule has 100 valence electrons. The average molecular weight is 247 g/mol. The first kappa shape index (κ1) is 13.6. The number of aliphatic hydroxyl groups excluding tert-OH is 1. The minimum absolute atomic E-state index is 0.200. The third kappa shape index (κ3) is 3.12. The lowest BCUT2D eigenvalue weighted by atomic mass is 9.69. The van der Waals surface area contributed by atoms with Gasteiger partial charge in [-0.3, -0.25) is 0 Å². The van der Waals surface area contributed by atoms with Gasteiger partial charge in [-0.1, -0.05) is 43.7 Å². The second-order valence-electron chi connectivity index (χ2n) is 6.02. The van der Waals surface area contributed by atoms with Crippen molar-refractivity contribution in [2.75, 3.05) is 26.7 Å². The Kier molecular flexibility index (Phi) is 4.41. The van der Waals surface area contributed by atoms with Gasteiger partial charge < -0.3 is 10.0 Å². The summed E-state index contributed by atoms with van der Waals surface area (Å²) in [7, 11) is 2.18. The summed E-state index contributed by atoms with van der Waals surface area (Å²) in [6.07, 6.45) is 3.66. The summed E-state index contributed by atoms with van der Waals surface area (Å²) in [5, 5.41) is 9.51. The van der Waals surface area contributed by atoms with Crippen molar-refractivity contribution < 1.29 is 5.11 Å². The highest BCUT2D eigenvalue weighted by atomic mass is 16.3. The maximum Gasteiger partial charge on any atom is 0.0499 e. The van der Waals surface area contributed by atoms with E-state index in [0.717, 1.165) is 13.1 Å². The van der Waals surface area contributed by atoms with E-state index < -0.39 is 0 Å². The smallest absolute Gasteiger partial charge is 0.0499 e. The Balaban J connectivity index is 1.85. The van der Waals surface area contributed by atoms with Crippen LogP contribution >= 0.6 is 0 Å². The lowest BCUT2D eigenvalue weighted by Crippen LogP contribution is -2.44. The normalized spacial score (nSPS) is 19.6. The number of hydrogen-bond acceptors (Lipinski definition) is 2. The molecule has 0 heterocycles. The number of aliphatic hydroxyl groups is 1. The Morgan fingerprint density at radius 3 is 2.44 bits per heavy atom. The van der Waals surface area contributed by atoms with Crippen molar-refractivity contribution in [3.63, 3.8) is 0 Å². The van der Waals surface area contributed by atoms with Crippen molar-refractivity contribution in [2.45, 2.75) is 32.1 Å². The van der Waals surface area contributed by atoms with E-state index in [1.165, 1.54) is 24.8 Å². The first-order chi connectivity index (χ1) is 8.65. The van der Waals surface area contributed by atoms with Crippen LogP contribution in [0.15, 0.2) is 30.3 Å². The Morgan fingerprint density at radius 1 is 1.28 bits per heavy atom. The van der Waals surface area contributed by atoms with Gasteiger partial charge in [0.15, 0.2) is 0 Å². The molecule has 1 aliphatic carbocycles. The van der Waals surface area contributed by atoms with E-state index in [-0.39, 0.29) is 5.41 Å². The molecule has 0 unspecified atom stereocenters. The van der Waals surface area contributed by atoms with Gasteiger partial charge in [-0.05, 0) is 31.4 Å². The van der Waals surface area contributed by atoms with Crippen LogP contribution in [0.2, 0.25) is 0 Å². The molecule has 1 aliphatic rings. The van der Waals surface area contributed by atoms with Gasteiger partial charge in [0.05, 0.1) is 0 Å². The van der Waals surface area contributed by atoms with Gasteiger partial charge in [0.25, 0.3) is 0 Å². The number of hydrogen-bond donors (Lipinski definition) is 1. The summed E-state index contributed by atoms with van der Waals surface area (Å²) >= 11 is 0. The quantitative estimate of drug-likeness (QED) is 0.835. The molecule has 2 nitrogen and oxygen atoms in total. The average Bonchev–Trinajstić information content (AvgIpc) is 2.35. The van der Waals surface area contributed by atoms with Gasteiger partial charge in [0, 0.05) is 25.1 Å². The minimum Gasteiger partial charge on any atom is -0.396 e. The van der Waals surface area contributed by atoms with Crippen molar-refractivity contribution in [1.82, 2.24) is 4.90 Å². The summed E-state index contributed by atoms with van der Waals surface area (Å²) < 4.78 is 0. The Morgan fingerprint density at radius 2 is 1.94 bits per heavy atom. The second-order valence-corrected chi connectivity index (χ2v) is 6.02. The first-order valence-electron chi connectivity index (χ1n) is 7.00. The molecular weight excluding hydrogens is 222 g/mol. The van der Waals surface area contributed by atoms with E-state index in [0.29, 0.717) is 12.5 Å². The molecule has 0 aromatic heterocycles. The molecule has 0 bridgehead atoms. The van der Waals surface area contributed by atoms with Crippen LogP contribution in [0.25, 0.3) is 0 Å². The van der Waals surface area contributed by atoms with Crippen LogP contribution in [0.5, 0.6) is 0 Å². The molecule has 0 aliphatic heterocycles. The van der Waals surface area contributed by atoms with E-state index in [1.807, 2.05) is 0 Å². The highest BCUT2D eigenvalue weighted by Gasteiger charge is 2.37. The van der Waals surface area contributed by atoms with Gasteiger partial charge in [-0.15, -0.1) is 0 Å². The molecule has 2 rings (SSSR count). The maximum absolute atomic E-state index is 9.51. The fraction of sp³-hybridized carbons (Fsp3) is 0.625. The molecule has 1 atom stereocenters. The van der Waals surface area contributed by atoms with Crippen LogP contribution in [-0.2, 0) is 0 Å². The highest BCUT2D eigenvalue weighted by Crippen LogP contribution is 2.41. The number of likely N-dealkylation sites (N-methyl/N-ethyl adjacent to an activating group) is 1. The van der Waals surface area contributed by atoms with E-state index in [1.54, 1.807) is 0 Å². The highest BCUT2D eigenvalue weighted by molar-refractivity contribution is 5.19. The molecule has 18 heavy (non-hydrogen) atoms. The molecule has 0 radical (unpaired) electrons. The van der Waals surface area contributed by atoms with Crippen molar-refractivity contribution in [3.8, 4) is 0 Å². The topological polar surface area (TPSA) is 23.5 Å². The van der Waals surface area contributed by atoms with Crippen LogP contribution in [-0.4, -0.2) is 36.8 Å². The maximum atomic E-state index is 9.51. The van der Waals surface area contributed by atoms with Gasteiger partial charge in [0.1, 0.15) is 0 Å². The monoisotopic (exact) mass is 247 g/mol. The van der Waals surface area contributed by atoms with Crippen LogP contribution in [0.1, 0.15) is 37.7 Å². The van der Waals surface area contributed by atoms with Gasteiger partial charge in [0.2, 0.25) is 0 Å². The van der Waals surface area contributed by atoms with Crippen molar-refractivity contribution >= 4 is 0 Å². The molecule has 2 heteroatoms. The van der Waals surface area contributed by atoms with E-state index in [9.17, 15) is 5.11 Å². The predicted octanol–water partition coefficient (Wildman–Crippen LogP) is 2.88. The molecule has 1 aromatic rings. The molecule has 0 saturated heterocycles. The summed E-state index contributed by atoms with van der Waals surface area (Å²) in [6.45, 7) is 4.71.